The molecule has 0 fully saturated rings. The van der Waals surface area contributed by atoms with Crippen LogP contribution in [0.1, 0.15) is 0 Å². The van der Waals surface area contributed by atoms with Crippen molar-refractivity contribution in [3.63, 3.8) is 0 Å². The summed E-state index contributed by atoms with van der Waals surface area (Å²) < 4.78 is 3.83. The van der Waals surface area contributed by atoms with Crippen molar-refractivity contribution < 1.29 is 9.53 Å². The summed E-state index contributed by atoms with van der Waals surface area (Å²) in [7, 11) is 0. The molecular formula is C13H10Cl3NO2. The number of rotatable bonds is 4. The molecule has 1 amide bonds. The third kappa shape index (κ3) is 3.44. The molecule has 0 aliphatic rings. The predicted octanol–water partition coefficient (Wildman–Crippen LogP) is 3.66. The maximum Gasteiger partial charge on any atom is 0.246 e. The molecule has 2 rings (SSSR count). The van der Waals surface area contributed by atoms with Gasteiger partial charge >= 0.3 is 0 Å². The molecule has 100 valence electrons. The van der Waals surface area contributed by atoms with Crippen LogP contribution in [0.4, 0.5) is 0 Å². The van der Waals surface area contributed by atoms with Gasteiger partial charge in [0.25, 0.3) is 0 Å². The molecule has 1 unspecified atom stereocenters. The molecule has 6 heteroatoms. The Labute approximate surface area is 125 Å². The molecule has 2 aromatic rings. The summed E-state index contributed by atoms with van der Waals surface area (Å²) in [5.41, 5.74) is 0. The van der Waals surface area contributed by atoms with Crippen LogP contribution in [0.25, 0.3) is 10.8 Å². The maximum atomic E-state index is 10.5. The first-order valence-corrected chi connectivity index (χ1v) is 6.56. The van der Waals surface area contributed by atoms with Gasteiger partial charge in [0.05, 0.1) is 0 Å². The van der Waals surface area contributed by atoms with E-state index in [0.29, 0.717) is 12.2 Å². The zero-order valence-electron chi connectivity index (χ0n) is 9.65. The molecular weight excluding hydrogens is 309 g/mol. The maximum absolute atomic E-state index is 10.5. The highest BCUT2D eigenvalue weighted by molar-refractivity contribution is 6.68. The standard InChI is InChI=1S/C13H10Cl3NO2/c14-13(15,16)12(17-8-18)19-11-7-3-5-9-4-1-2-6-10(9)11/h1-8,12H,(H,17,18). The van der Waals surface area contributed by atoms with Gasteiger partial charge in [0.2, 0.25) is 16.4 Å². The Hall–Kier alpha value is -1.16. The molecule has 0 spiro atoms. The molecule has 2 aromatic carbocycles. The molecule has 0 aliphatic carbocycles. The minimum Gasteiger partial charge on any atom is -0.465 e. The van der Waals surface area contributed by atoms with Gasteiger partial charge < -0.3 is 10.1 Å². The quantitative estimate of drug-likeness (QED) is 0.531. The van der Waals surface area contributed by atoms with Crippen LogP contribution in [-0.4, -0.2) is 16.4 Å². The second-order valence-electron chi connectivity index (χ2n) is 3.80. The van der Waals surface area contributed by atoms with Gasteiger partial charge in [0.15, 0.2) is 0 Å². The van der Waals surface area contributed by atoms with Crippen LogP contribution in [0.2, 0.25) is 0 Å². The van der Waals surface area contributed by atoms with Crippen LogP contribution in [-0.2, 0) is 4.79 Å². The average molecular weight is 319 g/mol. The normalized spacial score (nSPS) is 13.0. The van der Waals surface area contributed by atoms with E-state index in [2.05, 4.69) is 5.32 Å². The first-order valence-electron chi connectivity index (χ1n) is 5.43. The zero-order chi connectivity index (χ0) is 13.9. The van der Waals surface area contributed by atoms with Crippen molar-refractivity contribution in [2.24, 2.45) is 0 Å². The van der Waals surface area contributed by atoms with Crippen molar-refractivity contribution in [1.29, 1.82) is 0 Å². The summed E-state index contributed by atoms with van der Waals surface area (Å²) in [5, 5.41) is 4.20. The van der Waals surface area contributed by atoms with Gasteiger partial charge in [-0.25, -0.2) is 0 Å². The van der Waals surface area contributed by atoms with Crippen molar-refractivity contribution in [2.75, 3.05) is 0 Å². The molecule has 0 aliphatic heterocycles. The zero-order valence-corrected chi connectivity index (χ0v) is 11.9. The fraction of sp³-hybridized carbons (Fsp3) is 0.154. The molecule has 0 radical (unpaired) electrons. The Kier molecular flexibility index (Phi) is 4.40. The summed E-state index contributed by atoms with van der Waals surface area (Å²) in [5.74, 6) is 0.531. The monoisotopic (exact) mass is 317 g/mol. The van der Waals surface area contributed by atoms with Gasteiger partial charge in [-0.1, -0.05) is 71.2 Å². The largest absolute Gasteiger partial charge is 0.465 e. The Morgan fingerprint density at radius 2 is 1.79 bits per heavy atom. The molecule has 1 N–H and O–H groups in total. The van der Waals surface area contributed by atoms with Gasteiger partial charge in [-0.2, -0.15) is 0 Å². The van der Waals surface area contributed by atoms with E-state index >= 15 is 0 Å². The minimum absolute atomic E-state index is 0.428. The Bertz CT molecular complexity index is 578. The molecule has 0 bridgehead atoms. The second-order valence-corrected chi connectivity index (χ2v) is 6.17. The van der Waals surface area contributed by atoms with Gasteiger partial charge in [0, 0.05) is 5.39 Å². The Balaban J connectivity index is 2.36. The number of ether oxygens (including phenoxy) is 1. The Morgan fingerprint density at radius 3 is 2.47 bits per heavy atom. The summed E-state index contributed by atoms with van der Waals surface area (Å²) in [6.45, 7) is 0. The van der Waals surface area contributed by atoms with Crippen LogP contribution >= 0.6 is 34.8 Å². The average Bonchev–Trinajstić information content (AvgIpc) is 2.37. The van der Waals surface area contributed by atoms with Crippen molar-refractivity contribution in [2.45, 2.75) is 10.0 Å². The number of nitrogens with one attached hydrogen (secondary N) is 1. The van der Waals surface area contributed by atoms with Crippen LogP contribution < -0.4 is 10.1 Å². The van der Waals surface area contributed by atoms with Crippen molar-refractivity contribution in [3.8, 4) is 5.75 Å². The number of fused-ring (bicyclic) bond motifs is 1. The number of carbonyl (C=O) groups excluding carboxylic acids is 1. The highest BCUT2D eigenvalue weighted by Gasteiger charge is 2.34. The highest BCUT2D eigenvalue weighted by Crippen LogP contribution is 2.34. The van der Waals surface area contributed by atoms with Crippen LogP contribution in [0.3, 0.4) is 0 Å². The topological polar surface area (TPSA) is 38.3 Å². The third-order valence-electron chi connectivity index (χ3n) is 2.51. The number of halogens is 3. The summed E-state index contributed by atoms with van der Waals surface area (Å²) in [6.07, 6.45) is -0.640. The molecule has 3 nitrogen and oxygen atoms in total. The van der Waals surface area contributed by atoms with Crippen LogP contribution in [0, 0.1) is 0 Å². The molecule has 0 aromatic heterocycles. The lowest BCUT2D eigenvalue weighted by Gasteiger charge is -2.25. The lowest BCUT2D eigenvalue weighted by Crippen LogP contribution is -2.44. The molecule has 0 heterocycles. The first-order chi connectivity index (χ1) is 9.02. The number of amides is 1. The first kappa shape index (κ1) is 14.3. The van der Waals surface area contributed by atoms with E-state index in [1.807, 2.05) is 36.4 Å². The van der Waals surface area contributed by atoms with E-state index < -0.39 is 10.0 Å². The van der Waals surface area contributed by atoms with E-state index in [4.69, 9.17) is 39.5 Å². The molecule has 0 saturated heterocycles. The fourth-order valence-electron chi connectivity index (χ4n) is 1.68. The van der Waals surface area contributed by atoms with Gasteiger partial charge in [-0.15, -0.1) is 0 Å². The van der Waals surface area contributed by atoms with Gasteiger partial charge in [0.1, 0.15) is 5.75 Å². The van der Waals surface area contributed by atoms with Gasteiger partial charge in [-0.05, 0) is 11.5 Å². The van der Waals surface area contributed by atoms with E-state index in [9.17, 15) is 4.79 Å². The lowest BCUT2D eigenvalue weighted by atomic mass is 10.1. The lowest BCUT2D eigenvalue weighted by molar-refractivity contribution is -0.111. The van der Waals surface area contributed by atoms with Crippen molar-refractivity contribution in [1.82, 2.24) is 5.32 Å². The number of carbonyl (C=O) groups is 1. The van der Waals surface area contributed by atoms with E-state index in [1.54, 1.807) is 6.07 Å². The Morgan fingerprint density at radius 1 is 1.11 bits per heavy atom. The second kappa shape index (κ2) is 5.87. The smallest absolute Gasteiger partial charge is 0.246 e. The molecule has 0 saturated carbocycles. The SMILES string of the molecule is O=CNC(Oc1cccc2ccccc12)C(Cl)(Cl)Cl. The summed E-state index contributed by atoms with van der Waals surface area (Å²) >= 11 is 17.3. The number of benzene rings is 2. The van der Waals surface area contributed by atoms with E-state index in [-0.39, 0.29) is 0 Å². The number of hydrogen-bond acceptors (Lipinski definition) is 2. The summed E-state index contributed by atoms with van der Waals surface area (Å²) in [4.78, 5) is 10.5. The van der Waals surface area contributed by atoms with Crippen LogP contribution in [0.15, 0.2) is 42.5 Å². The van der Waals surface area contributed by atoms with Crippen molar-refractivity contribution in [3.05, 3.63) is 42.5 Å². The molecule has 1 atom stereocenters. The fourth-order valence-corrected chi connectivity index (χ4v) is 2.01. The van der Waals surface area contributed by atoms with Crippen LogP contribution in [0.5, 0.6) is 5.75 Å². The van der Waals surface area contributed by atoms with E-state index in [0.717, 1.165) is 10.8 Å². The molecule has 19 heavy (non-hydrogen) atoms. The minimum atomic E-state index is -1.77. The number of hydrogen-bond donors (Lipinski definition) is 1. The highest BCUT2D eigenvalue weighted by atomic mass is 35.6. The van der Waals surface area contributed by atoms with Gasteiger partial charge in [-0.3, -0.25) is 4.79 Å². The predicted molar refractivity (Wildman–Crippen MR) is 77.9 cm³/mol. The van der Waals surface area contributed by atoms with E-state index in [1.165, 1.54) is 0 Å². The number of alkyl halides is 3. The summed E-state index contributed by atoms with van der Waals surface area (Å²) in [6, 6.07) is 13.2. The van der Waals surface area contributed by atoms with Crippen molar-refractivity contribution >= 4 is 52.0 Å². The third-order valence-corrected chi connectivity index (χ3v) is 3.11.